The fourth-order valence-corrected chi connectivity index (χ4v) is 2.29. The van der Waals surface area contributed by atoms with E-state index in [0.29, 0.717) is 6.42 Å². The van der Waals surface area contributed by atoms with Crippen molar-refractivity contribution in [2.24, 2.45) is 5.41 Å². The van der Waals surface area contributed by atoms with Crippen LogP contribution in [0.2, 0.25) is 0 Å². The predicted octanol–water partition coefficient (Wildman–Crippen LogP) is 1.16. The normalized spacial score (nSPS) is 19.2. The van der Waals surface area contributed by atoms with E-state index in [0.717, 1.165) is 25.7 Å². The second-order valence-electron chi connectivity index (χ2n) is 4.13. The number of carboxylic acids is 1. The molecule has 0 bridgehead atoms. The van der Waals surface area contributed by atoms with E-state index in [1.54, 1.807) is 7.05 Å². The quantitative estimate of drug-likeness (QED) is 0.714. The van der Waals surface area contributed by atoms with Gasteiger partial charge in [0.15, 0.2) is 0 Å². The lowest BCUT2D eigenvalue weighted by molar-refractivity contribution is -0.140. The largest absolute Gasteiger partial charge is 0.481 e. The summed E-state index contributed by atoms with van der Waals surface area (Å²) < 4.78 is 0. The Kier molecular flexibility index (Phi) is 3.49. The number of hydrogen-bond acceptors (Lipinski definition) is 2. The second-order valence-corrected chi connectivity index (χ2v) is 4.13. The molecule has 0 atom stereocenters. The first-order valence-corrected chi connectivity index (χ1v) is 5.00. The molecule has 4 heteroatoms. The zero-order valence-corrected chi connectivity index (χ0v) is 8.51. The van der Waals surface area contributed by atoms with Gasteiger partial charge in [-0.15, -0.1) is 0 Å². The highest BCUT2D eigenvalue weighted by Gasteiger charge is 2.37. The molecule has 0 aliphatic heterocycles. The first-order valence-electron chi connectivity index (χ1n) is 5.00. The van der Waals surface area contributed by atoms with E-state index >= 15 is 0 Å². The fourth-order valence-electron chi connectivity index (χ4n) is 2.29. The van der Waals surface area contributed by atoms with E-state index in [1.165, 1.54) is 0 Å². The van der Waals surface area contributed by atoms with Crippen LogP contribution >= 0.6 is 0 Å². The summed E-state index contributed by atoms with van der Waals surface area (Å²) in [6, 6.07) is 0. The van der Waals surface area contributed by atoms with Crippen molar-refractivity contribution in [2.45, 2.75) is 38.5 Å². The van der Waals surface area contributed by atoms with Crippen LogP contribution in [0, 0.1) is 5.41 Å². The minimum Gasteiger partial charge on any atom is -0.481 e. The highest BCUT2D eigenvalue weighted by molar-refractivity contribution is 5.77. The molecule has 0 radical (unpaired) electrons. The van der Waals surface area contributed by atoms with E-state index in [-0.39, 0.29) is 17.7 Å². The Labute approximate surface area is 83.7 Å². The van der Waals surface area contributed by atoms with Crippen molar-refractivity contribution in [3.8, 4) is 0 Å². The number of nitrogens with one attached hydrogen (secondary N) is 1. The molecule has 1 rings (SSSR count). The van der Waals surface area contributed by atoms with Crippen molar-refractivity contribution in [1.82, 2.24) is 5.32 Å². The molecule has 0 aromatic carbocycles. The molecule has 14 heavy (non-hydrogen) atoms. The third-order valence-corrected chi connectivity index (χ3v) is 3.00. The van der Waals surface area contributed by atoms with E-state index in [1.807, 2.05) is 0 Å². The SMILES string of the molecule is CNC(=O)CC1(CC(=O)O)CCCC1. The lowest BCUT2D eigenvalue weighted by atomic mass is 9.79. The first kappa shape index (κ1) is 11.0. The van der Waals surface area contributed by atoms with Gasteiger partial charge in [-0.3, -0.25) is 9.59 Å². The zero-order valence-electron chi connectivity index (χ0n) is 8.51. The molecular formula is C10H17NO3. The van der Waals surface area contributed by atoms with Gasteiger partial charge in [0.25, 0.3) is 0 Å². The van der Waals surface area contributed by atoms with Gasteiger partial charge in [-0.1, -0.05) is 12.8 Å². The minimum atomic E-state index is -0.796. The van der Waals surface area contributed by atoms with Gasteiger partial charge in [0.2, 0.25) is 5.91 Å². The van der Waals surface area contributed by atoms with Gasteiger partial charge in [-0.25, -0.2) is 0 Å². The summed E-state index contributed by atoms with van der Waals surface area (Å²) in [5.41, 5.74) is -0.272. The lowest BCUT2D eigenvalue weighted by Crippen LogP contribution is -2.29. The molecule has 1 saturated carbocycles. The molecule has 0 saturated heterocycles. The highest BCUT2D eigenvalue weighted by Crippen LogP contribution is 2.43. The smallest absolute Gasteiger partial charge is 0.303 e. The summed E-state index contributed by atoms with van der Waals surface area (Å²) in [6.07, 6.45) is 4.31. The summed E-state index contributed by atoms with van der Waals surface area (Å²) in [7, 11) is 1.59. The maximum absolute atomic E-state index is 11.3. The van der Waals surface area contributed by atoms with E-state index in [4.69, 9.17) is 5.11 Å². The van der Waals surface area contributed by atoms with Crippen LogP contribution < -0.4 is 5.32 Å². The molecule has 2 N–H and O–H groups in total. The highest BCUT2D eigenvalue weighted by atomic mass is 16.4. The summed E-state index contributed by atoms with van der Waals surface area (Å²) in [5.74, 6) is -0.844. The number of hydrogen-bond donors (Lipinski definition) is 2. The van der Waals surface area contributed by atoms with E-state index < -0.39 is 5.97 Å². The van der Waals surface area contributed by atoms with Crippen molar-refractivity contribution in [2.75, 3.05) is 7.05 Å². The van der Waals surface area contributed by atoms with Gasteiger partial charge in [0.05, 0.1) is 6.42 Å². The number of carbonyl (C=O) groups excluding carboxylic acids is 1. The molecule has 0 unspecified atom stereocenters. The third-order valence-electron chi connectivity index (χ3n) is 3.00. The van der Waals surface area contributed by atoms with Gasteiger partial charge >= 0.3 is 5.97 Å². The Balaban J connectivity index is 2.61. The van der Waals surface area contributed by atoms with Crippen LogP contribution in [0.4, 0.5) is 0 Å². The molecule has 80 valence electrons. The first-order chi connectivity index (χ1) is 6.58. The van der Waals surface area contributed by atoms with Gasteiger partial charge in [0.1, 0.15) is 0 Å². The summed E-state index contributed by atoms with van der Waals surface area (Å²) in [6.45, 7) is 0. The zero-order chi connectivity index (χ0) is 10.6. The van der Waals surface area contributed by atoms with Crippen molar-refractivity contribution < 1.29 is 14.7 Å². The maximum atomic E-state index is 11.3. The monoisotopic (exact) mass is 199 g/mol. The molecule has 0 heterocycles. The summed E-state index contributed by atoms with van der Waals surface area (Å²) >= 11 is 0. The molecule has 1 aliphatic rings. The van der Waals surface area contributed by atoms with Crippen LogP contribution in [0.5, 0.6) is 0 Å². The van der Waals surface area contributed by atoms with E-state index in [9.17, 15) is 9.59 Å². The molecule has 1 amide bonds. The topological polar surface area (TPSA) is 66.4 Å². The molecule has 0 aromatic rings. The summed E-state index contributed by atoms with van der Waals surface area (Å²) in [4.78, 5) is 21.9. The van der Waals surface area contributed by atoms with Crippen LogP contribution in [0.15, 0.2) is 0 Å². The Morgan fingerprint density at radius 3 is 2.29 bits per heavy atom. The number of rotatable bonds is 4. The lowest BCUT2D eigenvalue weighted by Gasteiger charge is -2.25. The molecule has 4 nitrogen and oxygen atoms in total. The van der Waals surface area contributed by atoms with Crippen LogP contribution in [0.25, 0.3) is 0 Å². The fraction of sp³-hybridized carbons (Fsp3) is 0.800. The predicted molar refractivity (Wildman–Crippen MR) is 51.8 cm³/mol. The number of carboxylic acid groups (broad SMARTS) is 1. The number of carbonyl (C=O) groups is 2. The maximum Gasteiger partial charge on any atom is 0.303 e. The summed E-state index contributed by atoms with van der Waals surface area (Å²) in [5, 5.41) is 11.4. The van der Waals surface area contributed by atoms with Crippen molar-refractivity contribution >= 4 is 11.9 Å². The van der Waals surface area contributed by atoms with Gasteiger partial charge in [-0.2, -0.15) is 0 Å². The van der Waals surface area contributed by atoms with Crippen molar-refractivity contribution in [1.29, 1.82) is 0 Å². The van der Waals surface area contributed by atoms with Crippen LogP contribution in [-0.4, -0.2) is 24.0 Å². The van der Waals surface area contributed by atoms with Crippen LogP contribution in [0.1, 0.15) is 38.5 Å². The average Bonchev–Trinajstić information content (AvgIpc) is 2.51. The Morgan fingerprint density at radius 1 is 1.29 bits per heavy atom. The molecule has 1 aliphatic carbocycles. The molecule has 1 fully saturated rings. The third kappa shape index (κ3) is 2.72. The van der Waals surface area contributed by atoms with Gasteiger partial charge < -0.3 is 10.4 Å². The molecule has 0 aromatic heterocycles. The second kappa shape index (κ2) is 4.44. The number of aliphatic carboxylic acids is 1. The standard InChI is InChI=1S/C10H17NO3/c1-11-8(12)6-10(7-9(13)14)4-2-3-5-10/h2-7H2,1H3,(H,11,12)(H,13,14). The Bertz CT molecular complexity index is 232. The molecular weight excluding hydrogens is 182 g/mol. The number of amides is 1. The van der Waals surface area contributed by atoms with Crippen molar-refractivity contribution in [3.05, 3.63) is 0 Å². The Morgan fingerprint density at radius 2 is 1.86 bits per heavy atom. The Hall–Kier alpha value is -1.06. The van der Waals surface area contributed by atoms with E-state index in [2.05, 4.69) is 5.32 Å². The van der Waals surface area contributed by atoms with Gasteiger partial charge in [-0.05, 0) is 18.3 Å². The minimum absolute atomic E-state index is 0.0480. The van der Waals surface area contributed by atoms with Crippen LogP contribution in [-0.2, 0) is 9.59 Å². The average molecular weight is 199 g/mol. The van der Waals surface area contributed by atoms with Gasteiger partial charge in [0, 0.05) is 13.5 Å². The van der Waals surface area contributed by atoms with Crippen LogP contribution in [0.3, 0.4) is 0 Å². The molecule has 0 spiro atoms. The van der Waals surface area contributed by atoms with Crippen molar-refractivity contribution in [3.63, 3.8) is 0 Å².